The van der Waals surface area contributed by atoms with Crippen molar-refractivity contribution in [3.05, 3.63) is 35.9 Å². The summed E-state index contributed by atoms with van der Waals surface area (Å²) >= 11 is 0. The van der Waals surface area contributed by atoms with Gasteiger partial charge in [-0.25, -0.2) is 0 Å². The molecule has 2 rings (SSSR count). The molecule has 0 bridgehead atoms. The number of hydrogen-bond acceptors (Lipinski definition) is 1. The molecule has 0 heterocycles. The second-order valence-corrected chi connectivity index (χ2v) is 6.05. The van der Waals surface area contributed by atoms with Gasteiger partial charge in [0.05, 0.1) is 0 Å². The Labute approximate surface area is 112 Å². The zero-order valence-electron chi connectivity index (χ0n) is 11.9. The van der Waals surface area contributed by atoms with Gasteiger partial charge in [0.2, 0.25) is 0 Å². The molecule has 1 atom stereocenters. The molecule has 0 radical (unpaired) electrons. The molecule has 18 heavy (non-hydrogen) atoms. The Morgan fingerprint density at radius 1 is 1.11 bits per heavy atom. The lowest BCUT2D eigenvalue weighted by Crippen LogP contribution is -2.39. The monoisotopic (exact) mass is 245 g/mol. The lowest BCUT2D eigenvalue weighted by molar-refractivity contribution is 0.286. The molecular weight excluding hydrogens is 218 g/mol. The van der Waals surface area contributed by atoms with E-state index >= 15 is 0 Å². The van der Waals surface area contributed by atoms with Crippen LogP contribution in [0.25, 0.3) is 0 Å². The highest BCUT2D eigenvalue weighted by atomic mass is 14.9. The van der Waals surface area contributed by atoms with Crippen LogP contribution in [0.3, 0.4) is 0 Å². The van der Waals surface area contributed by atoms with E-state index in [4.69, 9.17) is 0 Å². The summed E-state index contributed by atoms with van der Waals surface area (Å²) in [5.41, 5.74) is 1.46. The number of nitrogens with one attached hydrogen (secondary N) is 1. The number of hydrogen-bond donors (Lipinski definition) is 1. The first-order chi connectivity index (χ1) is 8.74. The maximum absolute atomic E-state index is 3.81. The highest BCUT2D eigenvalue weighted by molar-refractivity contribution is 5.14. The van der Waals surface area contributed by atoms with Crippen molar-refractivity contribution < 1.29 is 0 Å². The third-order valence-corrected chi connectivity index (χ3v) is 4.24. The second kappa shape index (κ2) is 6.94. The van der Waals surface area contributed by atoms with Crippen LogP contribution in [0.2, 0.25) is 0 Å². The Kier molecular flexibility index (Phi) is 5.25. The maximum Gasteiger partial charge on any atom is 0.00697 e. The molecule has 1 heteroatoms. The van der Waals surface area contributed by atoms with Gasteiger partial charge in [-0.3, -0.25) is 0 Å². The quantitative estimate of drug-likeness (QED) is 0.820. The zero-order chi connectivity index (χ0) is 12.8. The molecule has 1 fully saturated rings. The van der Waals surface area contributed by atoms with Crippen LogP contribution in [0.5, 0.6) is 0 Å². The number of benzene rings is 1. The fourth-order valence-corrected chi connectivity index (χ4v) is 2.94. The molecule has 0 amide bonds. The van der Waals surface area contributed by atoms with Crippen molar-refractivity contribution in [2.75, 3.05) is 0 Å². The van der Waals surface area contributed by atoms with Crippen molar-refractivity contribution in [2.45, 2.75) is 64.5 Å². The molecule has 0 saturated heterocycles. The molecular formula is C17H27N. The first kappa shape index (κ1) is 13.6. The van der Waals surface area contributed by atoms with Crippen LogP contribution in [-0.2, 0) is 6.42 Å². The molecule has 1 aromatic carbocycles. The third-order valence-electron chi connectivity index (χ3n) is 4.24. The number of aryl methyl sites for hydroxylation is 1. The van der Waals surface area contributed by atoms with Crippen LogP contribution in [0.15, 0.2) is 30.3 Å². The largest absolute Gasteiger partial charge is 0.311 e. The maximum atomic E-state index is 3.81. The van der Waals surface area contributed by atoms with E-state index in [1.165, 1.54) is 44.1 Å². The van der Waals surface area contributed by atoms with Crippen LogP contribution in [0, 0.1) is 5.92 Å². The average molecular weight is 245 g/mol. The Balaban J connectivity index is 1.67. The standard InChI is InChI=1S/C17H27N/c1-14-8-12-17(13-9-14)18-15(2)10-11-16-6-4-3-5-7-16/h3-7,14-15,17-18H,8-13H2,1-2H3. The molecule has 1 aromatic rings. The third kappa shape index (κ3) is 4.45. The lowest BCUT2D eigenvalue weighted by atomic mass is 9.87. The summed E-state index contributed by atoms with van der Waals surface area (Å²) in [5.74, 6) is 0.947. The van der Waals surface area contributed by atoms with Gasteiger partial charge in [-0.1, -0.05) is 37.3 Å². The van der Waals surface area contributed by atoms with Gasteiger partial charge in [-0.05, 0) is 56.9 Å². The molecule has 0 spiro atoms. The fourth-order valence-electron chi connectivity index (χ4n) is 2.94. The average Bonchev–Trinajstić information content (AvgIpc) is 2.40. The van der Waals surface area contributed by atoms with Gasteiger partial charge < -0.3 is 5.32 Å². The highest BCUT2D eigenvalue weighted by Gasteiger charge is 2.19. The van der Waals surface area contributed by atoms with Crippen LogP contribution in [0.1, 0.15) is 51.5 Å². The fraction of sp³-hybridized carbons (Fsp3) is 0.647. The van der Waals surface area contributed by atoms with E-state index in [-0.39, 0.29) is 0 Å². The SMILES string of the molecule is CC1CCC(NC(C)CCc2ccccc2)CC1. The molecule has 1 aliphatic rings. The molecule has 100 valence electrons. The van der Waals surface area contributed by atoms with Gasteiger partial charge in [0.25, 0.3) is 0 Å². The summed E-state index contributed by atoms with van der Waals surface area (Å²) in [4.78, 5) is 0. The van der Waals surface area contributed by atoms with Gasteiger partial charge in [0.15, 0.2) is 0 Å². The summed E-state index contributed by atoms with van der Waals surface area (Å²) in [7, 11) is 0. The van der Waals surface area contributed by atoms with E-state index in [0.717, 1.165) is 12.0 Å². The van der Waals surface area contributed by atoms with Gasteiger partial charge in [0, 0.05) is 12.1 Å². The molecule has 0 aromatic heterocycles. The van der Waals surface area contributed by atoms with Gasteiger partial charge in [-0.15, -0.1) is 0 Å². The van der Waals surface area contributed by atoms with Crippen molar-refractivity contribution >= 4 is 0 Å². The van der Waals surface area contributed by atoms with E-state index < -0.39 is 0 Å². The summed E-state index contributed by atoms with van der Waals surface area (Å²) in [6, 6.07) is 12.2. The zero-order valence-corrected chi connectivity index (χ0v) is 11.9. The van der Waals surface area contributed by atoms with Crippen molar-refractivity contribution in [3.63, 3.8) is 0 Å². The predicted octanol–water partition coefficient (Wildman–Crippen LogP) is 4.18. The van der Waals surface area contributed by atoms with E-state index in [1.807, 2.05) is 0 Å². The predicted molar refractivity (Wildman–Crippen MR) is 78.8 cm³/mol. The van der Waals surface area contributed by atoms with E-state index in [9.17, 15) is 0 Å². The minimum absolute atomic E-state index is 0.642. The van der Waals surface area contributed by atoms with Crippen LogP contribution < -0.4 is 5.32 Å². The Hall–Kier alpha value is -0.820. The molecule has 0 aliphatic heterocycles. The first-order valence-electron chi connectivity index (χ1n) is 7.54. The number of rotatable bonds is 5. The first-order valence-corrected chi connectivity index (χ1v) is 7.54. The Bertz CT molecular complexity index is 325. The minimum Gasteiger partial charge on any atom is -0.311 e. The minimum atomic E-state index is 0.642. The van der Waals surface area contributed by atoms with Gasteiger partial charge in [-0.2, -0.15) is 0 Å². The Morgan fingerprint density at radius 3 is 2.44 bits per heavy atom. The Morgan fingerprint density at radius 2 is 1.78 bits per heavy atom. The van der Waals surface area contributed by atoms with Crippen molar-refractivity contribution in [2.24, 2.45) is 5.92 Å². The van der Waals surface area contributed by atoms with Crippen molar-refractivity contribution in [1.82, 2.24) is 5.32 Å². The summed E-state index contributed by atoms with van der Waals surface area (Å²) < 4.78 is 0. The van der Waals surface area contributed by atoms with Crippen molar-refractivity contribution in [1.29, 1.82) is 0 Å². The van der Waals surface area contributed by atoms with Gasteiger partial charge in [0.1, 0.15) is 0 Å². The molecule has 1 aliphatic carbocycles. The molecule has 1 N–H and O–H groups in total. The summed E-state index contributed by atoms with van der Waals surface area (Å²) in [5, 5.41) is 3.81. The van der Waals surface area contributed by atoms with Crippen LogP contribution >= 0.6 is 0 Å². The van der Waals surface area contributed by atoms with Crippen LogP contribution in [-0.4, -0.2) is 12.1 Å². The highest BCUT2D eigenvalue weighted by Crippen LogP contribution is 2.23. The second-order valence-electron chi connectivity index (χ2n) is 6.05. The summed E-state index contributed by atoms with van der Waals surface area (Å²) in [6.07, 6.45) is 7.99. The van der Waals surface area contributed by atoms with Gasteiger partial charge >= 0.3 is 0 Å². The molecule has 1 saturated carbocycles. The normalized spacial score (nSPS) is 25.9. The molecule has 1 nitrogen and oxygen atoms in total. The molecule has 1 unspecified atom stereocenters. The smallest absolute Gasteiger partial charge is 0.00697 e. The van der Waals surface area contributed by atoms with Crippen LogP contribution in [0.4, 0.5) is 0 Å². The van der Waals surface area contributed by atoms with E-state index in [0.29, 0.717) is 6.04 Å². The van der Waals surface area contributed by atoms with E-state index in [2.05, 4.69) is 49.5 Å². The summed E-state index contributed by atoms with van der Waals surface area (Å²) in [6.45, 7) is 4.72. The lowest BCUT2D eigenvalue weighted by Gasteiger charge is -2.29. The van der Waals surface area contributed by atoms with E-state index in [1.54, 1.807) is 0 Å². The topological polar surface area (TPSA) is 12.0 Å². The van der Waals surface area contributed by atoms with Crippen molar-refractivity contribution in [3.8, 4) is 0 Å².